The molecule has 8 heteroatoms. The van der Waals surface area contributed by atoms with E-state index in [9.17, 15) is 18.5 Å². The smallest absolute Gasteiger partial charge is 0.293 e. The molecule has 0 aromatic heterocycles. The van der Waals surface area contributed by atoms with Crippen molar-refractivity contribution in [2.75, 3.05) is 5.32 Å². The highest BCUT2D eigenvalue weighted by molar-refractivity contribution is 7.89. The van der Waals surface area contributed by atoms with Gasteiger partial charge in [0, 0.05) is 17.6 Å². The molecular weight excluding hydrogens is 342 g/mol. The van der Waals surface area contributed by atoms with E-state index >= 15 is 0 Å². The Morgan fingerprint density at radius 3 is 2.16 bits per heavy atom. The van der Waals surface area contributed by atoms with Crippen molar-refractivity contribution in [1.82, 2.24) is 4.72 Å². The van der Waals surface area contributed by atoms with Crippen molar-refractivity contribution in [2.45, 2.75) is 62.9 Å². The molecule has 2 aliphatic carbocycles. The lowest BCUT2D eigenvalue weighted by molar-refractivity contribution is -0.384. The van der Waals surface area contributed by atoms with Gasteiger partial charge < -0.3 is 5.32 Å². The fourth-order valence-electron chi connectivity index (χ4n) is 3.12. The summed E-state index contributed by atoms with van der Waals surface area (Å²) in [7, 11) is -3.81. The fraction of sp³-hybridized carbons (Fsp3) is 0.647. The molecule has 2 fully saturated rings. The second kappa shape index (κ2) is 6.25. The molecule has 0 unspecified atom stereocenters. The number of nitro benzene ring substituents is 1. The molecule has 0 spiro atoms. The van der Waals surface area contributed by atoms with Crippen LogP contribution in [0.3, 0.4) is 0 Å². The lowest BCUT2D eigenvalue weighted by Crippen LogP contribution is -2.40. The second-order valence-electron chi connectivity index (χ2n) is 8.14. The molecule has 7 nitrogen and oxygen atoms in total. The van der Waals surface area contributed by atoms with Gasteiger partial charge in [0.15, 0.2) is 0 Å². The van der Waals surface area contributed by atoms with E-state index in [2.05, 4.69) is 10.0 Å². The standard InChI is InChI=1S/C17H25N3O4S/c1-17(2,3)19-25(23,24)13-8-9-14(15(10-13)20(21)22)18-16(11-4-5-11)12-6-7-12/h8-12,16,18-19H,4-7H2,1-3H3. The van der Waals surface area contributed by atoms with Crippen molar-refractivity contribution >= 4 is 21.4 Å². The van der Waals surface area contributed by atoms with E-state index in [4.69, 9.17) is 0 Å². The van der Waals surface area contributed by atoms with Crippen LogP contribution in [0.2, 0.25) is 0 Å². The van der Waals surface area contributed by atoms with Crippen molar-refractivity contribution < 1.29 is 13.3 Å². The van der Waals surface area contributed by atoms with Gasteiger partial charge in [-0.1, -0.05) is 0 Å². The summed E-state index contributed by atoms with van der Waals surface area (Å²) in [6.07, 6.45) is 4.63. The fourth-order valence-corrected chi connectivity index (χ4v) is 4.56. The highest BCUT2D eigenvalue weighted by atomic mass is 32.2. The van der Waals surface area contributed by atoms with Crippen molar-refractivity contribution in [2.24, 2.45) is 11.8 Å². The summed E-state index contributed by atoms with van der Waals surface area (Å²) < 4.78 is 27.4. The highest BCUT2D eigenvalue weighted by Gasteiger charge is 2.42. The molecule has 2 saturated carbocycles. The van der Waals surface area contributed by atoms with Crippen molar-refractivity contribution in [3.05, 3.63) is 28.3 Å². The van der Waals surface area contributed by atoms with Crippen LogP contribution in [0.25, 0.3) is 0 Å². The Morgan fingerprint density at radius 1 is 1.16 bits per heavy atom. The van der Waals surface area contributed by atoms with Crippen LogP contribution in [0.5, 0.6) is 0 Å². The first-order chi connectivity index (χ1) is 11.6. The lowest BCUT2D eigenvalue weighted by atomic mass is 10.1. The summed E-state index contributed by atoms with van der Waals surface area (Å²) in [6, 6.07) is 4.36. The van der Waals surface area contributed by atoms with E-state index in [0.717, 1.165) is 31.7 Å². The highest BCUT2D eigenvalue weighted by Crippen LogP contribution is 2.46. The normalized spacial score (nSPS) is 18.4. The predicted octanol–water partition coefficient (Wildman–Crippen LogP) is 3.27. The second-order valence-corrected chi connectivity index (χ2v) is 9.82. The first kappa shape index (κ1) is 18.1. The average molecular weight is 367 g/mol. The maximum absolute atomic E-state index is 12.4. The van der Waals surface area contributed by atoms with Crippen LogP contribution < -0.4 is 10.0 Å². The first-order valence-corrected chi connectivity index (χ1v) is 10.1. The Balaban J connectivity index is 1.89. The van der Waals surface area contributed by atoms with E-state index in [1.165, 1.54) is 12.1 Å². The lowest BCUT2D eigenvalue weighted by Gasteiger charge is -2.21. The summed E-state index contributed by atoms with van der Waals surface area (Å²) in [5, 5.41) is 14.8. The molecule has 0 radical (unpaired) electrons. The first-order valence-electron chi connectivity index (χ1n) is 8.66. The van der Waals surface area contributed by atoms with Gasteiger partial charge in [0.1, 0.15) is 5.69 Å². The summed E-state index contributed by atoms with van der Waals surface area (Å²) >= 11 is 0. The largest absolute Gasteiger partial charge is 0.376 e. The summed E-state index contributed by atoms with van der Waals surface area (Å²) in [5.41, 5.74) is -0.445. The minimum atomic E-state index is -3.81. The third-order valence-corrected chi connectivity index (χ3v) is 6.25. The minimum Gasteiger partial charge on any atom is -0.376 e. The number of hydrogen-bond donors (Lipinski definition) is 2. The monoisotopic (exact) mass is 367 g/mol. The van der Waals surface area contributed by atoms with Gasteiger partial charge in [-0.05, 0) is 70.4 Å². The molecule has 0 amide bonds. The molecule has 0 aliphatic heterocycles. The molecule has 25 heavy (non-hydrogen) atoms. The maximum atomic E-state index is 12.4. The van der Waals surface area contributed by atoms with Crippen LogP contribution >= 0.6 is 0 Å². The summed E-state index contributed by atoms with van der Waals surface area (Å²) in [6.45, 7) is 5.18. The molecular formula is C17H25N3O4S. The zero-order valence-electron chi connectivity index (χ0n) is 14.8. The van der Waals surface area contributed by atoms with E-state index in [0.29, 0.717) is 17.5 Å². The van der Waals surface area contributed by atoms with Gasteiger partial charge in [-0.15, -0.1) is 0 Å². The van der Waals surface area contributed by atoms with Crippen LogP contribution in [0.4, 0.5) is 11.4 Å². The van der Waals surface area contributed by atoms with Crippen LogP contribution in [0.1, 0.15) is 46.5 Å². The van der Waals surface area contributed by atoms with Crippen molar-refractivity contribution in [1.29, 1.82) is 0 Å². The molecule has 0 heterocycles. The predicted molar refractivity (Wildman–Crippen MR) is 96.0 cm³/mol. The number of sulfonamides is 1. The third-order valence-electron chi connectivity index (χ3n) is 4.50. The molecule has 0 atom stereocenters. The molecule has 3 rings (SSSR count). The number of nitrogens with one attached hydrogen (secondary N) is 2. The van der Waals surface area contributed by atoms with Crippen molar-refractivity contribution in [3.8, 4) is 0 Å². The van der Waals surface area contributed by atoms with Gasteiger partial charge in [-0.2, -0.15) is 0 Å². The molecule has 1 aromatic rings. The molecule has 1 aromatic carbocycles. The number of anilines is 1. The van der Waals surface area contributed by atoms with Gasteiger partial charge in [0.25, 0.3) is 5.69 Å². The molecule has 0 saturated heterocycles. The van der Waals surface area contributed by atoms with Gasteiger partial charge in [-0.25, -0.2) is 13.1 Å². The van der Waals surface area contributed by atoms with E-state index in [-0.39, 0.29) is 16.6 Å². The Labute approximate surface area is 148 Å². The van der Waals surface area contributed by atoms with E-state index in [1.54, 1.807) is 20.8 Å². The van der Waals surface area contributed by atoms with E-state index < -0.39 is 20.5 Å². The molecule has 2 aliphatic rings. The zero-order chi connectivity index (χ0) is 18.4. The number of benzene rings is 1. The SMILES string of the molecule is CC(C)(C)NS(=O)(=O)c1ccc(NC(C2CC2)C2CC2)c([N+](=O)[O-])c1. The topological polar surface area (TPSA) is 101 Å². The van der Waals surface area contributed by atoms with Crippen LogP contribution in [-0.4, -0.2) is 24.9 Å². The average Bonchev–Trinajstić information content (AvgIpc) is 3.35. The molecule has 0 bridgehead atoms. The Kier molecular flexibility index (Phi) is 4.53. The third kappa shape index (κ3) is 4.49. The van der Waals surface area contributed by atoms with Gasteiger partial charge in [-0.3, -0.25) is 10.1 Å². The number of rotatable bonds is 7. The number of hydrogen-bond acceptors (Lipinski definition) is 5. The quantitative estimate of drug-likeness (QED) is 0.569. The summed E-state index contributed by atoms with van der Waals surface area (Å²) in [5.74, 6) is 1.16. The summed E-state index contributed by atoms with van der Waals surface area (Å²) in [4.78, 5) is 10.9. The van der Waals surface area contributed by atoms with E-state index in [1.807, 2.05) is 0 Å². The zero-order valence-corrected chi connectivity index (χ0v) is 15.6. The maximum Gasteiger partial charge on any atom is 0.293 e. The van der Waals surface area contributed by atoms with Crippen LogP contribution in [-0.2, 0) is 10.0 Å². The van der Waals surface area contributed by atoms with Gasteiger partial charge in [0.05, 0.1) is 9.82 Å². The number of nitrogens with zero attached hydrogens (tertiary/aromatic N) is 1. The van der Waals surface area contributed by atoms with Gasteiger partial charge >= 0.3 is 0 Å². The Morgan fingerprint density at radius 2 is 1.72 bits per heavy atom. The number of nitro groups is 1. The van der Waals surface area contributed by atoms with Crippen LogP contribution in [0.15, 0.2) is 23.1 Å². The molecule has 138 valence electrons. The van der Waals surface area contributed by atoms with Gasteiger partial charge in [0.2, 0.25) is 10.0 Å². The Bertz CT molecular complexity index is 766. The van der Waals surface area contributed by atoms with Crippen LogP contribution in [0, 0.1) is 22.0 Å². The van der Waals surface area contributed by atoms with Crippen molar-refractivity contribution in [3.63, 3.8) is 0 Å². The Hall–Kier alpha value is -1.67. The minimum absolute atomic E-state index is 0.0888. The molecule has 2 N–H and O–H groups in total.